The number of carbonyl (C=O) groups is 1. The SMILES string of the molecule is O=C(Nc1nnc(-c2cc(Cl)sc2Cl)o1)c1cccc2ccccc12. The third-order valence-electron chi connectivity index (χ3n) is 3.57. The fourth-order valence-electron chi connectivity index (χ4n) is 2.46. The molecule has 25 heavy (non-hydrogen) atoms. The Morgan fingerprint density at radius 2 is 1.88 bits per heavy atom. The summed E-state index contributed by atoms with van der Waals surface area (Å²) in [7, 11) is 0. The molecule has 0 aliphatic carbocycles. The van der Waals surface area contributed by atoms with Crippen LogP contribution in [-0.2, 0) is 0 Å². The molecule has 5 nitrogen and oxygen atoms in total. The summed E-state index contributed by atoms with van der Waals surface area (Å²) in [5, 5.41) is 12.2. The number of thiophene rings is 1. The van der Waals surface area contributed by atoms with Crippen LogP contribution >= 0.6 is 34.5 Å². The number of amides is 1. The molecule has 0 fully saturated rings. The Morgan fingerprint density at radius 1 is 1.08 bits per heavy atom. The smallest absolute Gasteiger partial charge is 0.322 e. The minimum atomic E-state index is -0.332. The fourth-order valence-corrected chi connectivity index (χ4v) is 3.90. The van der Waals surface area contributed by atoms with Crippen molar-refractivity contribution < 1.29 is 9.21 Å². The van der Waals surface area contributed by atoms with Gasteiger partial charge in [-0.15, -0.1) is 16.4 Å². The van der Waals surface area contributed by atoms with Crippen LogP contribution in [0.25, 0.3) is 22.2 Å². The van der Waals surface area contributed by atoms with Crippen LogP contribution in [0.4, 0.5) is 6.01 Å². The molecule has 0 unspecified atom stereocenters. The van der Waals surface area contributed by atoms with Gasteiger partial charge in [-0.25, -0.2) is 0 Å². The van der Waals surface area contributed by atoms with Gasteiger partial charge in [0.25, 0.3) is 11.8 Å². The van der Waals surface area contributed by atoms with E-state index in [-0.39, 0.29) is 17.8 Å². The molecular weight excluding hydrogens is 381 g/mol. The second-order valence-electron chi connectivity index (χ2n) is 5.13. The minimum absolute atomic E-state index is 0.00803. The first-order valence-electron chi connectivity index (χ1n) is 7.19. The van der Waals surface area contributed by atoms with E-state index in [0.29, 0.717) is 19.8 Å². The van der Waals surface area contributed by atoms with E-state index in [1.54, 1.807) is 12.1 Å². The van der Waals surface area contributed by atoms with E-state index in [1.807, 2.05) is 36.4 Å². The highest BCUT2D eigenvalue weighted by atomic mass is 35.5. The van der Waals surface area contributed by atoms with Crippen molar-refractivity contribution in [1.82, 2.24) is 10.2 Å². The number of benzene rings is 2. The summed E-state index contributed by atoms with van der Waals surface area (Å²) in [5.41, 5.74) is 1.06. The fraction of sp³-hybridized carbons (Fsp3) is 0. The summed E-state index contributed by atoms with van der Waals surface area (Å²) in [4.78, 5) is 12.6. The molecule has 2 aromatic heterocycles. The van der Waals surface area contributed by atoms with Crippen LogP contribution in [0.5, 0.6) is 0 Å². The average molecular weight is 390 g/mol. The first kappa shape index (κ1) is 16.1. The molecule has 2 aromatic carbocycles. The van der Waals surface area contributed by atoms with Gasteiger partial charge in [-0.05, 0) is 22.9 Å². The second-order valence-corrected chi connectivity index (χ2v) is 7.42. The summed E-state index contributed by atoms with van der Waals surface area (Å²) in [6.45, 7) is 0. The van der Waals surface area contributed by atoms with Gasteiger partial charge in [0.1, 0.15) is 4.34 Å². The van der Waals surface area contributed by atoms with Gasteiger partial charge in [-0.2, -0.15) is 0 Å². The molecule has 0 spiro atoms. The average Bonchev–Trinajstić information content (AvgIpc) is 3.20. The van der Waals surface area contributed by atoms with E-state index in [9.17, 15) is 4.79 Å². The lowest BCUT2D eigenvalue weighted by atomic mass is 10.0. The van der Waals surface area contributed by atoms with Crippen molar-refractivity contribution in [2.45, 2.75) is 0 Å². The van der Waals surface area contributed by atoms with Crippen molar-refractivity contribution in [2.75, 3.05) is 5.32 Å². The Labute approximate surface area is 156 Å². The summed E-state index contributed by atoms with van der Waals surface area (Å²) in [6, 6.07) is 14.8. The number of nitrogens with one attached hydrogen (secondary N) is 1. The minimum Gasteiger partial charge on any atom is -0.403 e. The van der Waals surface area contributed by atoms with Crippen LogP contribution in [-0.4, -0.2) is 16.1 Å². The van der Waals surface area contributed by atoms with Crippen molar-refractivity contribution >= 4 is 57.2 Å². The van der Waals surface area contributed by atoms with Crippen molar-refractivity contribution in [3.8, 4) is 11.5 Å². The Bertz CT molecular complexity index is 1090. The highest BCUT2D eigenvalue weighted by Gasteiger charge is 2.17. The zero-order valence-electron chi connectivity index (χ0n) is 12.5. The number of anilines is 1. The maximum Gasteiger partial charge on any atom is 0.322 e. The number of nitrogens with zero attached hydrogens (tertiary/aromatic N) is 2. The molecule has 0 atom stereocenters. The van der Waals surface area contributed by atoms with E-state index in [2.05, 4.69) is 15.5 Å². The number of fused-ring (bicyclic) bond motifs is 1. The number of carbonyl (C=O) groups excluding carboxylic acids is 1. The molecule has 0 saturated carbocycles. The number of halogens is 2. The zero-order valence-corrected chi connectivity index (χ0v) is 14.8. The largest absolute Gasteiger partial charge is 0.403 e. The maximum absolute atomic E-state index is 12.6. The Balaban J connectivity index is 1.62. The van der Waals surface area contributed by atoms with Gasteiger partial charge >= 0.3 is 6.01 Å². The van der Waals surface area contributed by atoms with Gasteiger partial charge in [0.05, 0.1) is 9.90 Å². The topological polar surface area (TPSA) is 68.0 Å². The van der Waals surface area contributed by atoms with Gasteiger partial charge in [0, 0.05) is 5.56 Å². The van der Waals surface area contributed by atoms with Crippen molar-refractivity contribution in [3.63, 3.8) is 0 Å². The van der Waals surface area contributed by atoms with Crippen LogP contribution in [0.15, 0.2) is 52.9 Å². The Morgan fingerprint density at radius 3 is 2.68 bits per heavy atom. The third kappa shape index (κ3) is 3.11. The molecule has 0 aliphatic heterocycles. The van der Waals surface area contributed by atoms with E-state index in [0.717, 1.165) is 10.8 Å². The summed E-state index contributed by atoms with van der Waals surface area (Å²) in [6.07, 6.45) is 0. The third-order valence-corrected chi connectivity index (χ3v) is 5.05. The van der Waals surface area contributed by atoms with Gasteiger partial charge < -0.3 is 4.42 Å². The second kappa shape index (κ2) is 6.48. The number of rotatable bonds is 3. The normalized spacial score (nSPS) is 11.0. The first-order chi connectivity index (χ1) is 12.1. The van der Waals surface area contributed by atoms with Crippen LogP contribution in [0.3, 0.4) is 0 Å². The highest BCUT2D eigenvalue weighted by molar-refractivity contribution is 7.20. The number of hydrogen-bond acceptors (Lipinski definition) is 5. The van der Waals surface area contributed by atoms with Crippen LogP contribution in [0, 0.1) is 0 Å². The van der Waals surface area contributed by atoms with Gasteiger partial charge in [0.2, 0.25) is 0 Å². The highest BCUT2D eigenvalue weighted by Crippen LogP contribution is 2.37. The summed E-state index contributed by atoms with van der Waals surface area (Å²) < 4.78 is 6.44. The summed E-state index contributed by atoms with van der Waals surface area (Å²) >= 11 is 13.2. The Kier molecular flexibility index (Phi) is 4.17. The standard InChI is InChI=1S/C17H9Cl2N3O2S/c18-13-8-12(14(19)25-13)16-21-22-17(24-16)20-15(23)11-7-3-5-9-4-1-2-6-10(9)11/h1-8H,(H,20,22,23). The van der Waals surface area contributed by atoms with Gasteiger partial charge in [-0.1, -0.05) is 64.7 Å². The molecule has 2 heterocycles. The molecule has 1 N–H and O–H groups in total. The van der Waals surface area contributed by atoms with Crippen molar-refractivity contribution in [1.29, 1.82) is 0 Å². The number of aromatic nitrogens is 2. The van der Waals surface area contributed by atoms with E-state index < -0.39 is 0 Å². The molecular formula is C17H9Cl2N3O2S. The molecule has 0 radical (unpaired) electrons. The summed E-state index contributed by atoms with van der Waals surface area (Å²) in [5.74, 6) is -0.136. The van der Waals surface area contributed by atoms with Crippen LogP contribution in [0.1, 0.15) is 10.4 Å². The number of hydrogen-bond donors (Lipinski definition) is 1. The van der Waals surface area contributed by atoms with Gasteiger partial charge in [-0.3, -0.25) is 10.1 Å². The lowest BCUT2D eigenvalue weighted by Crippen LogP contribution is -2.12. The molecule has 0 aliphatic rings. The van der Waals surface area contributed by atoms with E-state index in [4.69, 9.17) is 27.6 Å². The molecule has 124 valence electrons. The lowest BCUT2D eigenvalue weighted by Gasteiger charge is -2.05. The molecule has 0 saturated heterocycles. The predicted octanol–water partition coefficient (Wildman–Crippen LogP) is 5.51. The molecule has 4 rings (SSSR count). The predicted molar refractivity (Wildman–Crippen MR) is 99.5 cm³/mol. The monoisotopic (exact) mass is 389 g/mol. The van der Waals surface area contributed by atoms with Crippen molar-refractivity contribution in [2.24, 2.45) is 0 Å². The molecule has 0 bridgehead atoms. The van der Waals surface area contributed by atoms with E-state index in [1.165, 1.54) is 11.3 Å². The first-order valence-corrected chi connectivity index (χ1v) is 8.77. The molecule has 8 heteroatoms. The van der Waals surface area contributed by atoms with Gasteiger partial charge in [0.15, 0.2) is 0 Å². The van der Waals surface area contributed by atoms with Crippen LogP contribution < -0.4 is 5.32 Å². The van der Waals surface area contributed by atoms with Crippen LogP contribution in [0.2, 0.25) is 8.67 Å². The van der Waals surface area contributed by atoms with Crippen molar-refractivity contribution in [3.05, 3.63) is 62.8 Å². The maximum atomic E-state index is 12.6. The Hall–Kier alpha value is -2.41. The van der Waals surface area contributed by atoms with E-state index >= 15 is 0 Å². The lowest BCUT2D eigenvalue weighted by molar-refractivity contribution is 0.102. The zero-order chi connectivity index (χ0) is 17.4. The quantitative estimate of drug-likeness (QED) is 0.501. The molecule has 4 aromatic rings. The molecule has 1 amide bonds.